The van der Waals surface area contributed by atoms with Gasteiger partial charge < -0.3 is 10.4 Å². The predicted octanol–water partition coefficient (Wildman–Crippen LogP) is 7.07. The number of hydrogen-bond donors (Lipinski definition) is 3. The first-order chi connectivity index (χ1) is 16.3. The summed E-state index contributed by atoms with van der Waals surface area (Å²) in [5, 5.41) is 14.3. The normalized spacial score (nSPS) is 22.1. The third-order valence-corrected chi connectivity index (χ3v) is 7.18. The van der Waals surface area contributed by atoms with Gasteiger partial charge >= 0.3 is 0 Å². The largest absolute Gasteiger partial charge is 0.508 e. The number of likely N-dealkylation sites (N-methyl/N-ethyl adjacent to an activating group) is 1. The Morgan fingerprint density at radius 3 is 2.62 bits per heavy atom. The monoisotopic (exact) mass is 473 g/mol. The van der Waals surface area contributed by atoms with E-state index in [0.29, 0.717) is 12.2 Å². The molecule has 2 N–H and O–H groups in total. The summed E-state index contributed by atoms with van der Waals surface area (Å²) in [5.74, 6) is 1.09. The lowest BCUT2D eigenvalue weighted by atomic mass is 9.67. The molecule has 1 aromatic carbocycles. The Morgan fingerprint density at radius 1 is 1.18 bits per heavy atom. The smallest absolute Gasteiger partial charge is 0.116 e. The van der Waals surface area contributed by atoms with Gasteiger partial charge in [-0.25, -0.2) is 0 Å². The van der Waals surface area contributed by atoms with Crippen LogP contribution in [-0.2, 0) is 24.7 Å². The second-order valence-electron chi connectivity index (χ2n) is 9.55. The Bertz CT molecular complexity index is 1090. The van der Waals surface area contributed by atoms with Gasteiger partial charge in [-0.05, 0) is 84.7 Å². The van der Waals surface area contributed by atoms with Gasteiger partial charge in [-0.15, -0.1) is 0 Å². The fourth-order valence-corrected chi connectivity index (χ4v) is 5.20. The summed E-state index contributed by atoms with van der Waals surface area (Å²) >= 11 is 4.20. The van der Waals surface area contributed by atoms with Gasteiger partial charge in [0.15, 0.2) is 0 Å². The molecule has 2 nitrogen and oxygen atoms in total. The number of hydrogen-bond acceptors (Lipinski definition) is 3. The quantitative estimate of drug-likeness (QED) is 0.292. The van der Waals surface area contributed by atoms with Crippen LogP contribution in [0.25, 0.3) is 0 Å². The van der Waals surface area contributed by atoms with Gasteiger partial charge in [0, 0.05) is 17.2 Å². The number of thiol groups is 1. The molecular formula is C31H39NOS. The molecule has 0 bridgehead atoms. The van der Waals surface area contributed by atoms with Crippen LogP contribution in [0, 0.1) is 0 Å². The van der Waals surface area contributed by atoms with E-state index in [2.05, 4.69) is 81.7 Å². The Morgan fingerprint density at radius 2 is 1.94 bits per heavy atom. The summed E-state index contributed by atoms with van der Waals surface area (Å²) in [5.41, 5.74) is 9.01. The summed E-state index contributed by atoms with van der Waals surface area (Å²) in [6.07, 6.45) is 21.9. The molecule has 1 aromatic rings. The standard InChI is InChI=1S/C31H39NOS/c1-6-12-28-22(7-2)17-26-18-24-15-14-23(13-10-8-9-11-16-34)30(33)21-27(32-5)19-25(24)20-29(26)31(28,3)4/h6-12,14,18,20-21,27,32-34H,2,13,15-17,19H2,1,3-5H3/b10-8-,11-9-,12-6-,23-14?,30-21+. The Kier molecular flexibility index (Phi) is 9.04. The highest BCUT2D eigenvalue weighted by Crippen LogP contribution is 2.43. The van der Waals surface area contributed by atoms with Gasteiger partial charge in [0.1, 0.15) is 5.76 Å². The van der Waals surface area contributed by atoms with E-state index in [4.69, 9.17) is 0 Å². The second-order valence-corrected chi connectivity index (χ2v) is 9.92. The molecule has 2 aliphatic carbocycles. The summed E-state index contributed by atoms with van der Waals surface area (Å²) in [7, 11) is 1.96. The molecule has 0 heterocycles. The molecule has 0 saturated carbocycles. The molecule has 34 heavy (non-hydrogen) atoms. The van der Waals surface area contributed by atoms with Gasteiger partial charge in [0.2, 0.25) is 0 Å². The van der Waals surface area contributed by atoms with E-state index >= 15 is 0 Å². The number of aliphatic hydroxyl groups is 1. The maximum absolute atomic E-state index is 10.9. The molecule has 0 saturated heterocycles. The third-order valence-electron chi connectivity index (χ3n) is 6.97. The lowest BCUT2D eigenvalue weighted by molar-refractivity contribution is 0.413. The van der Waals surface area contributed by atoms with Crippen LogP contribution in [0.1, 0.15) is 49.4 Å². The van der Waals surface area contributed by atoms with Crippen molar-refractivity contribution in [2.75, 3.05) is 12.8 Å². The predicted molar refractivity (Wildman–Crippen MR) is 151 cm³/mol. The van der Waals surface area contributed by atoms with Crippen molar-refractivity contribution in [1.82, 2.24) is 5.32 Å². The molecular weight excluding hydrogens is 434 g/mol. The summed E-state index contributed by atoms with van der Waals surface area (Å²) < 4.78 is 0. The average Bonchev–Trinajstić information content (AvgIpc) is 2.87. The fourth-order valence-electron chi connectivity index (χ4n) is 5.08. The maximum Gasteiger partial charge on any atom is 0.116 e. The first-order valence-corrected chi connectivity index (χ1v) is 12.8. The van der Waals surface area contributed by atoms with Gasteiger partial charge in [0.05, 0.1) is 0 Å². The number of rotatable bonds is 7. The third kappa shape index (κ3) is 5.76. The molecule has 0 aromatic heterocycles. The number of fused-ring (bicyclic) bond motifs is 2. The molecule has 0 amide bonds. The van der Waals surface area contributed by atoms with E-state index in [1.807, 2.05) is 37.4 Å². The molecule has 3 heteroatoms. The zero-order valence-electron chi connectivity index (χ0n) is 21.1. The van der Waals surface area contributed by atoms with Gasteiger partial charge in [-0.2, -0.15) is 12.6 Å². The van der Waals surface area contributed by atoms with Crippen LogP contribution >= 0.6 is 12.6 Å². The maximum atomic E-state index is 10.9. The highest BCUT2D eigenvalue weighted by atomic mass is 32.1. The highest BCUT2D eigenvalue weighted by molar-refractivity contribution is 7.80. The van der Waals surface area contributed by atoms with Crippen LogP contribution in [-0.4, -0.2) is 23.9 Å². The van der Waals surface area contributed by atoms with Gasteiger partial charge in [0.25, 0.3) is 0 Å². The average molecular weight is 474 g/mol. The van der Waals surface area contributed by atoms with Crippen LogP contribution in [0.15, 0.2) is 95.9 Å². The van der Waals surface area contributed by atoms with Crippen LogP contribution in [0.5, 0.6) is 0 Å². The van der Waals surface area contributed by atoms with E-state index < -0.39 is 0 Å². The van der Waals surface area contributed by atoms with Crippen molar-refractivity contribution in [2.45, 2.75) is 57.9 Å². The summed E-state index contributed by atoms with van der Waals surface area (Å²) in [6, 6.07) is 4.88. The Hall–Kier alpha value is -2.49. The topological polar surface area (TPSA) is 32.3 Å². The highest BCUT2D eigenvalue weighted by Gasteiger charge is 2.33. The minimum atomic E-state index is -0.0868. The molecule has 1 unspecified atom stereocenters. The number of benzene rings is 1. The van der Waals surface area contributed by atoms with E-state index in [-0.39, 0.29) is 11.5 Å². The van der Waals surface area contributed by atoms with Crippen molar-refractivity contribution in [1.29, 1.82) is 0 Å². The first-order valence-electron chi connectivity index (χ1n) is 12.2. The molecule has 0 fully saturated rings. The van der Waals surface area contributed by atoms with Crippen molar-refractivity contribution >= 4 is 12.6 Å². The molecule has 1 atom stereocenters. The van der Waals surface area contributed by atoms with Crippen molar-refractivity contribution in [3.05, 3.63) is 118 Å². The van der Waals surface area contributed by atoms with E-state index in [1.165, 1.54) is 33.4 Å². The van der Waals surface area contributed by atoms with Crippen molar-refractivity contribution < 1.29 is 5.11 Å². The zero-order valence-corrected chi connectivity index (χ0v) is 22.0. The molecule has 0 radical (unpaired) electrons. The van der Waals surface area contributed by atoms with Crippen LogP contribution in [0.2, 0.25) is 0 Å². The lowest BCUT2D eigenvalue weighted by Crippen LogP contribution is -2.29. The second kappa shape index (κ2) is 11.8. The van der Waals surface area contributed by atoms with Crippen LogP contribution in [0.3, 0.4) is 0 Å². The summed E-state index contributed by atoms with van der Waals surface area (Å²) in [4.78, 5) is 0. The van der Waals surface area contributed by atoms with Crippen LogP contribution in [0.4, 0.5) is 0 Å². The van der Waals surface area contributed by atoms with Gasteiger partial charge in [-0.1, -0.05) is 81.2 Å². The summed E-state index contributed by atoms with van der Waals surface area (Å²) in [6.45, 7) is 10.8. The molecule has 3 rings (SSSR count). The van der Waals surface area contributed by atoms with Crippen molar-refractivity contribution in [3.63, 3.8) is 0 Å². The first kappa shape index (κ1) is 26.1. The van der Waals surface area contributed by atoms with E-state index in [1.54, 1.807) is 0 Å². The lowest BCUT2D eigenvalue weighted by Gasteiger charge is -2.37. The van der Waals surface area contributed by atoms with E-state index in [9.17, 15) is 5.11 Å². The SMILES string of the molecule is C=CC1=C(/C=C\C)C(C)(C)c2cc3c(cc2C1)CC=C(C/C=C\C=C/CS)/C(O)=C\C(NC)C3. The number of nitrogens with one attached hydrogen (secondary N) is 1. The number of aliphatic hydroxyl groups excluding tert-OH is 1. The zero-order chi connectivity index (χ0) is 24.7. The Labute approximate surface area is 211 Å². The van der Waals surface area contributed by atoms with Crippen molar-refractivity contribution in [2.24, 2.45) is 0 Å². The Balaban J connectivity index is 2.05. The minimum Gasteiger partial charge on any atom is -0.508 e. The molecule has 0 aliphatic heterocycles. The van der Waals surface area contributed by atoms with Crippen LogP contribution < -0.4 is 5.32 Å². The molecule has 0 spiro atoms. The van der Waals surface area contributed by atoms with Crippen molar-refractivity contribution in [3.8, 4) is 0 Å². The minimum absolute atomic E-state index is 0.0624. The van der Waals surface area contributed by atoms with Gasteiger partial charge in [-0.3, -0.25) is 0 Å². The molecule has 180 valence electrons. The number of allylic oxidation sites excluding steroid dienone is 10. The fraction of sp³-hybridized carbons (Fsp3) is 0.355. The van der Waals surface area contributed by atoms with E-state index in [0.717, 1.165) is 30.6 Å². The molecule has 2 aliphatic rings.